The summed E-state index contributed by atoms with van der Waals surface area (Å²) in [6.07, 6.45) is 1.75. The average Bonchev–Trinajstić information content (AvgIpc) is 2.43. The number of rotatable bonds is 1. The Morgan fingerprint density at radius 2 is 2.31 bits per heavy atom. The summed E-state index contributed by atoms with van der Waals surface area (Å²) in [5.41, 5.74) is 0. The van der Waals surface area contributed by atoms with Crippen molar-refractivity contribution in [2.45, 2.75) is 6.42 Å². The zero-order valence-corrected chi connectivity index (χ0v) is 9.30. The molecule has 0 bridgehead atoms. The second-order valence-corrected chi connectivity index (χ2v) is 3.98. The molecule has 1 saturated heterocycles. The fraction of sp³-hybridized carbons (Fsp3) is 0.400. The van der Waals surface area contributed by atoms with Crippen molar-refractivity contribution in [1.29, 1.82) is 0 Å². The van der Waals surface area contributed by atoms with E-state index in [-0.39, 0.29) is 16.7 Å². The topological polar surface area (TPSA) is 45.2 Å². The van der Waals surface area contributed by atoms with Gasteiger partial charge < -0.3 is 10.2 Å². The highest BCUT2D eigenvalue weighted by molar-refractivity contribution is 6.30. The van der Waals surface area contributed by atoms with Gasteiger partial charge in [-0.2, -0.15) is 0 Å². The molecule has 6 heteroatoms. The van der Waals surface area contributed by atoms with Crippen molar-refractivity contribution < 1.29 is 9.18 Å². The van der Waals surface area contributed by atoms with Crippen LogP contribution in [0.3, 0.4) is 0 Å². The highest BCUT2D eigenvalue weighted by Gasteiger charge is 2.17. The zero-order valence-electron chi connectivity index (χ0n) is 8.54. The first kappa shape index (κ1) is 11.1. The number of nitrogens with zero attached hydrogens (tertiary/aromatic N) is 2. The second kappa shape index (κ2) is 4.65. The molecule has 0 aromatic carbocycles. The molecule has 1 N–H and O–H groups in total. The van der Waals surface area contributed by atoms with E-state index >= 15 is 0 Å². The van der Waals surface area contributed by atoms with Crippen LogP contribution >= 0.6 is 11.6 Å². The maximum Gasteiger partial charge on any atom is 0.221 e. The Morgan fingerprint density at radius 1 is 1.50 bits per heavy atom. The summed E-state index contributed by atoms with van der Waals surface area (Å²) in [4.78, 5) is 16.8. The van der Waals surface area contributed by atoms with E-state index in [9.17, 15) is 9.18 Å². The number of anilines is 1. The monoisotopic (exact) mass is 243 g/mol. The number of amides is 1. The van der Waals surface area contributed by atoms with Gasteiger partial charge in [-0.05, 0) is 6.07 Å². The molecule has 0 spiro atoms. The average molecular weight is 244 g/mol. The lowest BCUT2D eigenvalue weighted by molar-refractivity contribution is -0.120. The van der Waals surface area contributed by atoms with E-state index in [0.29, 0.717) is 26.1 Å². The van der Waals surface area contributed by atoms with Crippen molar-refractivity contribution in [3.63, 3.8) is 0 Å². The molecular weight excluding hydrogens is 233 g/mol. The van der Waals surface area contributed by atoms with Crippen LogP contribution in [0.4, 0.5) is 10.2 Å². The molecule has 1 aliphatic heterocycles. The van der Waals surface area contributed by atoms with E-state index in [1.165, 1.54) is 12.3 Å². The minimum Gasteiger partial charge on any atom is -0.354 e. The van der Waals surface area contributed by atoms with Gasteiger partial charge in [-0.3, -0.25) is 4.79 Å². The van der Waals surface area contributed by atoms with Gasteiger partial charge in [0.15, 0.2) is 11.6 Å². The van der Waals surface area contributed by atoms with Gasteiger partial charge >= 0.3 is 0 Å². The molecule has 4 nitrogen and oxygen atoms in total. The van der Waals surface area contributed by atoms with Crippen molar-refractivity contribution in [3.8, 4) is 0 Å². The number of carbonyl (C=O) groups excluding carboxylic acids is 1. The van der Waals surface area contributed by atoms with Gasteiger partial charge in [0.25, 0.3) is 0 Å². The smallest absolute Gasteiger partial charge is 0.221 e. The maximum atomic E-state index is 13.6. The van der Waals surface area contributed by atoms with Gasteiger partial charge in [0.05, 0.1) is 5.02 Å². The molecule has 1 aromatic rings. The SMILES string of the molecule is O=C1CCN(c2ncc(Cl)cc2F)CCN1. The second-order valence-electron chi connectivity index (χ2n) is 3.55. The number of hydrogen-bond donors (Lipinski definition) is 1. The Kier molecular flexibility index (Phi) is 3.24. The lowest BCUT2D eigenvalue weighted by atomic mass is 10.3. The lowest BCUT2D eigenvalue weighted by Gasteiger charge is -2.20. The van der Waals surface area contributed by atoms with Crippen LogP contribution in [0.25, 0.3) is 0 Å². The molecular formula is C10H11ClFN3O. The Bertz CT molecular complexity index is 413. The molecule has 1 aromatic heterocycles. The van der Waals surface area contributed by atoms with E-state index < -0.39 is 5.82 Å². The summed E-state index contributed by atoms with van der Waals surface area (Å²) in [6, 6.07) is 1.23. The fourth-order valence-electron chi connectivity index (χ4n) is 1.62. The molecule has 0 saturated carbocycles. The van der Waals surface area contributed by atoms with Gasteiger partial charge in [-0.25, -0.2) is 9.37 Å². The Hall–Kier alpha value is -1.36. The molecule has 1 amide bonds. The molecule has 1 aliphatic rings. The predicted octanol–water partition coefficient (Wildman–Crippen LogP) is 1.20. The van der Waals surface area contributed by atoms with Crippen molar-refractivity contribution in [2.24, 2.45) is 0 Å². The van der Waals surface area contributed by atoms with E-state index in [1.54, 1.807) is 4.90 Å². The first-order valence-corrected chi connectivity index (χ1v) is 5.37. The third-order valence-corrected chi connectivity index (χ3v) is 2.61. The van der Waals surface area contributed by atoms with Crippen molar-refractivity contribution in [2.75, 3.05) is 24.5 Å². The van der Waals surface area contributed by atoms with Crippen LogP contribution in [0.1, 0.15) is 6.42 Å². The van der Waals surface area contributed by atoms with Gasteiger partial charge in [0, 0.05) is 32.3 Å². The van der Waals surface area contributed by atoms with Gasteiger partial charge in [-0.15, -0.1) is 0 Å². The molecule has 86 valence electrons. The van der Waals surface area contributed by atoms with Crippen molar-refractivity contribution in [1.82, 2.24) is 10.3 Å². The van der Waals surface area contributed by atoms with Crippen molar-refractivity contribution in [3.05, 3.63) is 23.1 Å². The summed E-state index contributed by atoms with van der Waals surface area (Å²) in [5, 5.41) is 2.99. The van der Waals surface area contributed by atoms with Gasteiger partial charge in [0.1, 0.15) is 0 Å². The minimum atomic E-state index is -0.457. The largest absolute Gasteiger partial charge is 0.354 e. The normalized spacial score (nSPS) is 16.9. The Labute approximate surface area is 97.4 Å². The number of aromatic nitrogens is 1. The minimum absolute atomic E-state index is 0.0168. The van der Waals surface area contributed by atoms with E-state index in [4.69, 9.17) is 11.6 Å². The van der Waals surface area contributed by atoms with Crippen LogP contribution in [-0.2, 0) is 4.79 Å². The van der Waals surface area contributed by atoms with Gasteiger partial charge in [0.2, 0.25) is 5.91 Å². The van der Waals surface area contributed by atoms with Crippen LogP contribution in [0.5, 0.6) is 0 Å². The highest BCUT2D eigenvalue weighted by atomic mass is 35.5. The number of pyridine rings is 1. The summed E-state index contributed by atoms with van der Waals surface area (Å²) in [6.45, 7) is 1.53. The summed E-state index contributed by atoms with van der Waals surface area (Å²) in [7, 11) is 0. The Morgan fingerprint density at radius 3 is 3.06 bits per heavy atom. The standard InChI is InChI=1S/C10H11ClFN3O/c11-7-5-8(12)10(14-6-7)15-3-1-9(16)13-2-4-15/h5-6H,1-4H2,(H,13,16). The third kappa shape index (κ3) is 2.41. The first-order chi connectivity index (χ1) is 7.66. The summed E-state index contributed by atoms with van der Waals surface area (Å²) < 4.78 is 13.6. The van der Waals surface area contributed by atoms with Crippen LogP contribution in [0.15, 0.2) is 12.3 Å². The number of hydrogen-bond acceptors (Lipinski definition) is 3. The molecule has 0 atom stereocenters. The summed E-state index contributed by atoms with van der Waals surface area (Å²) in [5.74, 6) is -0.223. The number of carbonyl (C=O) groups is 1. The number of nitrogens with one attached hydrogen (secondary N) is 1. The maximum absolute atomic E-state index is 13.6. The van der Waals surface area contributed by atoms with Crippen LogP contribution in [-0.4, -0.2) is 30.5 Å². The van der Waals surface area contributed by atoms with E-state index in [0.717, 1.165) is 0 Å². The molecule has 2 rings (SSSR count). The Balaban J connectivity index is 2.19. The molecule has 0 radical (unpaired) electrons. The third-order valence-electron chi connectivity index (χ3n) is 2.40. The zero-order chi connectivity index (χ0) is 11.5. The quantitative estimate of drug-likeness (QED) is 0.806. The van der Waals surface area contributed by atoms with Crippen molar-refractivity contribution >= 4 is 23.3 Å². The van der Waals surface area contributed by atoms with Crippen LogP contribution in [0.2, 0.25) is 5.02 Å². The highest BCUT2D eigenvalue weighted by Crippen LogP contribution is 2.20. The molecule has 16 heavy (non-hydrogen) atoms. The van der Waals surface area contributed by atoms with Gasteiger partial charge in [-0.1, -0.05) is 11.6 Å². The molecule has 0 aliphatic carbocycles. The lowest BCUT2D eigenvalue weighted by Crippen LogP contribution is -2.29. The van der Waals surface area contributed by atoms with E-state index in [1.807, 2.05) is 0 Å². The fourth-order valence-corrected chi connectivity index (χ4v) is 1.76. The predicted molar refractivity (Wildman–Crippen MR) is 59.0 cm³/mol. The molecule has 0 unspecified atom stereocenters. The number of halogens is 2. The van der Waals surface area contributed by atoms with E-state index in [2.05, 4.69) is 10.3 Å². The first-order valence-electron chi connectivity index (χ1n) is 4.99. The molecule has 2 heterocycles. The van der Waals surface area contributed by atoms with Crippen LogP contribution in [0, 0.1) is 5.82 Å². The van der Waals surface area contributed by atoms with Crippen LogP contribution < -0.4 is 10.2 Å². The molecule has 1 fully saturated rings. The summed E-state index contributed by atoms with van der Waals surface area (Å²) >= 11 is 5.62.